The lowest BCUT2D eigenvalue weighted by molar-refractivity contribution is 0.177. The minimum atomic E-state index is -4.36. The number of primary sulfonamides is 1. The van der Waals surface area contributed by atoms with Crippen molar-refractivity contribution in [2.24, 2.45) is 5.14 Å². The molecule has 21 heavy (non-hydrogen) atoms. The molecule has 1 aromatic rings. The van der Waals surface area contributed by atoms with E-state index in [0.717, 1.165) is 19.2 Å². The van der Waals surface area contributed by atoms with Gasteiger partial charge < -0.3 is 4.74 Å². The molecule has 0 unspecified atom stereocenters. The minimum absolute atomic E-state index is 0.331. The first-order valence-electron chi connectivity index (χ1n) is 4.86. The third-order valence-electron chi connectivity index (χ3n) is 1.98. The van der Waals surface area contributed by atoms with Crippen LogP contribution in [0.4, 0.5) is 10.5 Å². The first kappa shape index (κ1) is 17.8. The Morgan fingerprint density at radius 1 is 1.19 bits per heavy atom. The van der Waals surface area contributed by atoms with E-state index in [2.05, 4.69) is 4.74 Å². The number of hydrogen-bond donors (Lipinski definition) is 3. The van der Waals surface area contributed by atoms with E-state index in [1.54, 1.807) is 0 Å². The standard InChI is InChI=1S/C8H9Cl2N3O6S2/c1-19-8(14)13-21(17,18)12-7-5(9)2-4(3-6(7)10)20(11,15)16/h2-3,12H,1H3,(H,13,14)(H2,11,15,16). The molecule has 4 N–H and O–H groups in total. The second kappa shape index (κ2) is 6.23. The Hall–Kier alpha value is -1.27. The van der Waals surface area contributed by atoms with Crippen LogP contribution in [0.2, 0.25) is 10.0 Å². The van der Waals surface area contributed by atoms with Gasteiger partial charge in [-0.3, -0.25) is 4.72 Å². The van der Waals surface area contributed by atoms with Crippen molar-refractivity contribution in [1.29, 1.82) is 0 Å². The molecule has 0 radical (unpaired) electrons. The largest absolute Gasteiger partial charge is 0.452 e. The Balaban J connectivity index is 3.20. The van der Waals surface area contributed by atoms with E-state index in [1.807, 2.05) is 4.72 Å². The van der Waals surface area contributed by atoms with Gasteiger partial charge in [0.2, 0.25) is 10.0 Å². The van der Waals surface area contributed by atoms with Crippen LogP contribution in [-0.2, 0) is 25.0 Å². The topological polar surface area (TPSA) is 145 Å². The van der Waals surface area contributed by atoms with Crippen molar-refractivity contribution >= 4 is 55.2 Å². The first-order chi connectivity index (χ1) is 9.46. The van der Waals surface area contributed by atoms with Gasteiger partial charge in [0.15, 0.2) is 0 Å². The molecule has 1 aromatic carbocycles. The Bertz CT molecular complexity index is 754. The molecule has 0 bridgehead atoms. The summed E-state index contributed by atoms with van der Waals surface area (Å²) in [5.74, 6) is 0. The van der Waals surface area contributed by atoms with Gasteiger partial charge in [-0.2, -0.15) is 8.42 Å². The van der Waals surface area contributed by atoms with Gasteiger partial charge in [-0.25, -0.2) is 23.1 Å². The van der Waals surface area contributed by atoms with Crippen molar-refractivity contribution in [2.75, 3.05) is 11.8 Å². The lowest BCUT2D eigenvalue weighted by atomic mass is 10.3. The Kier molecular flexibility index (Phi) is 5.28. The Morgan fingerprint density at radius 3 is 2.05 bits per heavy atom. The van der Waals surface area contributed by atoms with E-state index in [1.165, 1.54) is 4.72 Å². The molecule has 118 valence electrons. The van der Waals surface area contributed by atoms with E-state index >= 15 is 0 Å². The molecule has 0 spiro atoms. The van der Waals surface area contributed by atoms with E-state index in [0.29, 0.717) is 0 Å². The average molecular weight is 378 g/mol. The van der Waals surface area contributed by atoms with Crippen LogP contribution in [0.3, 0.4) is 0 Å². The number of carbonyl (C=O) groups excluding carboxylic acids is 1. The normalized spacial score (nSPS) is 11.8. The number of amides is 1. The highest BCUT2D eigenvalue weighted by molar-refractivity contribution is 7.91. The third kappa shape index (κ3) is 4.89. The second-order valence-corrected chi connectivity index (χ2v) is 7.30. The highest BCUT2D eigenvalue weighted by Crippen LogP contribution is 2.33. The number of rotatable bonds is 4. The van der Waals surface area contributed by atoms with E-state index in [9.17, 15) is 21.6 Å². The molecular formula is C8H9Cl2N3O6S2. The van der Waals surface area contributed by atoms with Gasteiger partial charge in [0.1, 0.15) is 0 Å². The number of sulfonamides is 1. The fraction of sp³-hybridized carbons (Fsp3) is 0.125. The van der Waals surface area contributed by atoms with Gasteiger partial charge in [-0.15, -0.1) is 0 Å². The van der Waals surface area contributed by atoms with E-state index < -0.39 is 31.2 Å². The SMILES string of the molecule is COC(=O)NS(=O)(=O)Nc1c(Cl)cc(S(N)(=O)=O)cc1Cl. The number of nitrogens with two attached hydrogens (primary N) is 1. The number of nitrogens with one attached hydrogen (secondary N) is 2. The fourth-order valence-corrected chi connectivity index (χ4v) is 3.35. The van der Waals surface area contributed by atoms with Gasteiger partial charge in [-0.1, -0.05) is 23.2 Å². The summed E-state index contributed by atoms with van der Waals surface area (Å²) >= 11 is 11.5. The zero-order chi connectivity index (χ0) is 16.4. The van der Waals surface area contributed by atoms with Gasteiger partial charge in [0.05, 0.1) is 27.7 Å². The summed E-state index contributed by atoms with van der Waals surface area (Å²) in [5.41, 5.74) is -0.331. The number of benzene rings is 1. The predicted octanol–water partition coefficient (Wildman–Crippen LogP) is 0.653. The van der Waals surface area contributed by atoms with Crippen molar-refractivity contribution in [3.8, 4) is 0 Å². The second-order valence-electron chi connectivity index (χ2n) is 3.51. The lowest BCUT2D eigenvalue weighted by Gasteiger charge is -2.12. The smallest absolute Gasteiger partial charge is 0.422 e. The van der Waals surface area contributed by atoms with Crippen LogP contribution >= 0.6 is 23.2 Å². The summed E-state index contributed by atoms with van der Waals surface area (Å²) in [6.07, 6.45) is -1.24. The van der Waals surface area contributed by atoms with Crippen LogP contribution in [0, 0.1) is 0 Å². The number of hydrogen-bond acceptors (Lipinski definition) is 6. The summed E-state index contributed by atoms with van der Waals surface area (Å²) < 4.78 is 52.9. The Labute approximate surface area is 130 Å². The number of methoxy groups -OCH3 is 1. The molecule has 0 aromatic heterocycles. The maximum Gasteiger partial charge on any atom is 0.422 e. The summed E-state index contributed by atoms with van der Waals surface area (Å²) in [6.45, 7) is 0. The molecule has 9 nitrogen and oxygen atoms in total. The summed E-state index contributed by atoms with van der Waals surface area (Å²) in [7, 11) is -7.47. The molecule has 0 heterocycles. The summed E-state index contributed by atoms with van der Waals surface area (Å²) in [4.78, 5) is 10.5. The van der Waals surface area contributed by atoms with E-state index in [-0.39, 0.29) is 15.7 Å². The molecular weight excluding hydrogens is 369 g/mol. The van der Waals surface area contributed by atoms with Gasteiger partial charge in [0.25, 0.3) is 0 Å². The predicted molar refractivity (Wildman–Crippen MR) is 75.9 cm³/mol. The highest BCUT2D eigenvalue weighted by atomic mass is 35.5. The molecule has 13 heteroatoms. The molecule has 0 aliphatic rings. The molecule has 0 aliphatic heterocycles. The van der Waals surface area contributed by atoms with Crippen molar-refractivity contribution in [3.05, 3.63) is 22.2 Å². The van der Waals surface area contributed by atoms with Gasteiger partial charge in [-0.05, 0) is 12.1 Å². The maximum atomic E-state index is 11.6. The fourth-order valence-electron chi connectivity index (χ4n) is 1.12. The molecule has 0 saturated heterocycles. The quantitative estimate of drug-likeness (QED) is 0.702. The zero-order valence-electron chi connectivity index (χ0n) is 10.3. The summed E-state index contributed by atoms with van der Waals surface area (Å²) in [5, 5.41) is 4.24. The van der Waals surface area contributed by atoms with E-state index in [4.69, 9.17) is 28.3 Å². The average Bonchev–Trinajstić information content (AvgIpc) is 2.31. The molecule has 0 aliphatic carbocycles. The van der Waals surface area contributed by atoms with Crippen LogP contribution in [0.25, 0.3) is 0 Å². The summed E-state index contributed by atoms with van der Waals surface area (Å²) in [6, 6.07) is 1.80. The molecule has 0 fully saturated rings. The Morgan fingerprint density at radius 2 is 1.67 bits per heavy atom. The highest BCUT2D eigenvalue weighted by Gasteiger charge is 2.20. The van der Waals surface area contributed by atoms with Crippen LogP contribution in [0.15, 0.2) is 17.0 Å². The number of anilines is 1. The van der Waals surface area contributed by atoms with Crippen LogP contribution in [0.5, 0.6) is 0 Å². The van der Waals surface area contributed by atoms with Crippen molar-refractivity contribution in [2.45, 2.75) is 4.90 Å². The molecule has 0 atom stereocenters. The molecule has 1 rings (SSSR count). The van der Waals surface area contributed by atoms with Gasteiger partial charge in [0, 0.05) is 0 Å². The lowest BCUT2D eigenvalue weighted by Crippen LogP contribution is -2.35. The van der Waals surface area contributed by atoms with Crippen LogP contribution in [0.1, 0.15) is 0 Å². The van der Waals surface area contributed by atoms with Crippen molar-refractivity contribution in [3.63, 3.8) is 0 Å². The van der Waals surface area contributed by atoms with Crippen LogP contribution in [-0.4, -0.2) is 30.0 Å². The monoisotopic (exact) mass is 377 g/mol. The zero-order valence-corrected chi connectivity index (χ0v) is 13.4. The number of ether oxygens (including phenoxy) is 1. The molecule has 0 saturated carbocycles. The van der Waals surface area contributed by atoms with Gasteiger partial charge >= 0.3 is 16.3 Å². The third-order valence-corrected chi connectivity index (χ3v) is 4.38. The number of carbonyl (C=O) groups is 1. The maximum absolute atomic E-state index is 11.6. The first-order valence-corrected chi connectivity index (χ1v) is 8.65. The molecule has 1 amide bonds. The van der Waals surface area contributed by atoms with Crippen LogP contribution < -0.4 is 14.6 Å². The number of halogens is 2. The minimum Gasteiger partial charge on any atom is -0.452 e. The van der Waals surface area contributed by atoms with Crippen molar-refractivity contribution < 1.29 is 26.4 Å². The van der Waals surface area contributed by atoms with Crippen molar-refractivity contribution in [1.82, 2.24) is 4.72 Å².